The van der Waals surface area contributed by atoms with E-state index in [4.69, 9.17) is 19.9 Å². The van der Waals surface area contributed by atoms with Crippen LogP contribution in [0.1, 0.15) is 70.4 Å². The lowest BCUT2D eigenvalue weighted by Crippen LogP contribution is -2.28. The normalized spacial score (nSPS) is 17.9. The van der Waals surface area contributed by atoms with Crippen LogP contribution in [0.2, 0.25) is 0 Å². The van der Waals surface area contributed by atoms with E-state index in [9.17, 15) is 19.2 Å². The number of ether oxygens (including phenoxy) is 1. The van der Waals surface area contributed by atoms with Crippen molar-refractivity contribution in [3.05, 3.63) is 33.2 Å². The first-order valence-electron chi connectivity index (χ1n) is 12.7. The van der Waals surface area contributed by atoms with Gasteiger partial charge in [-0.1, -0.05) is 19.5 Å². The highest BCUT2D eigenvalue weighted by atomic mass is 32.4. The average Bonchev–Trinajstić information content (AvgIpc) is 3.36. The minimum absolute atomic E-state index is 0.0184. The molecule has 0 radical (unpaired) electrons. The van der Waals surface area contributed by atoms with Gasteiger partial charge in [0.15, 0.2) is 0 Å². The SMILES string of the molecule is [N-]=[N+]=NC(CCC(=O)NCCCCCC(=O)O)CCC(=O)Nc1ccn([C@H]2CC[C@@H](COPPP)O2)c(=O)n1. The molecule has 216 valence electrons. The molecule has 2 heterocycles. The summed E-state index contributed by atoms with van der Waals surface area (Å²) in [4.78, 5) is 54.2. The summed E-state index contributed by atoms with van der Waals surface area (Å²) in [5, 5.41) is 17.6. The van der Waals surface area contributed by atoms with Crippen LogP contribution in [-0.2, 0) is 23.6 Å². The molecule has 0 aliphatic carbocycles. The van der Waals surface area contributed by atoms with Crippen molar-refractivity contribution in [2.24, 2.45) is 5.11 Å². The Balaban J connectivity index is 1.72. The summed E-state index contributed by atoms with van der Waals surface area (Å²) in [6, 6.07) is 0.983. The van der Waals surface area contributed by atoms with Gasteiger partial charge >= 0.3 is 11.7 Å². The third-order valence-electron chi connectivity index (χ3n) is 5.91. The number of amides is 2. The number of nitrogens with one attached hydrogen (secondary N) is 2. The standard InChI is InChI=1S/C22H36N7O7P3/c23-28-27-15(5-8-18(30)24-12-3-1-2-4-21(32)33)6-9-19(31)25-17-11-13-29(22(34)26-17)20-10-7-16(36-20)14-35-38-39-37/h11,13,15-16,20,38-39H,1-10,12,14,37H2,(H,24,30)(H,32,33)(H,25,26,31,34)/t15?,16-,20+/m0/s1. The largest absolute Gasteiger partial charge is 0.481 e. The van der Waals surface area contributed by atoms with Crippen molar-refractivity contribution < 1.29 is 28.8 Å². The van der Waals surface area contributed by atoms with Crippen LogP contribution >= 0.6 is 25.4 Å². The lowest BCUT2D eigenvalue weighted by Gasteiger charge is -2.16. The number of carbonyl (C=O) groups excluding carboxylic acids is 2. The third kappa shape index (κ3) is 13.6. The first kappa shape index (κ1) is 33.0. The minimum Gasteiger partial charge on any atom is -0.481 e. The van der Waals surface area contributed by atoms with E-state index in [-0.39, 0.29) is 49.9 Å². The fourth-order valence-corrected chi connectivity index (χ4v) is 5.52. The summed E-state index contributed by atoms with van der Waals surface area (Å²) in [5.41, 5.74) is 8.30. The smallest absolute Gasteiger partial charge is 0.351 e. The lowest BCUT2D eigenvalue weighted by atomic mass is 10.1. The van der Waals surface area contributed by atoms with Crippen LogP contribution in [0, 0.1) is 0 Å². The highest BCUT2D eigenvalue weighted by Gasteiger charge is 2.27. The zero-order chi connectivity index (χ0) is 28.5. The molecule has 2 rings (SSSR count). The quantitative estimate of drug-likeness (QED) is 0.0696. The van der Waals surface area contributed by atoms with Gasteiger partial charge in [0.2, 0.25) is 11.8 Å². The van der Waals surface area contributed by atoms with Gasteiger partial charge in [0.05, 0.1) is 12.7 Å². The highest BCUT2D eigenvalue weighted by Crippen LogP contribution is 2.44. The zero-order valence-electron chi connectivity index (χ0n) is 21.6. The fourth-order valence-electron chi connectivity index (χ4n) is 3.92. The fraction of sp³-hybridized carbons (Fsp3) is 0.682. The van der Waals surface area contributed by atoms with Crippen molar-refractivity contribution in [1.82, 2.24) is 14.9 Å². The Morgan fingerprint density at radius 1 is 1.26 bits per heavy atom. The number of hydrogen-bond donors (Lipinski definition) is 3. The van der Waals surface area contributed by atoms with E-state index in [0.717, 1.165) is 6.42 Å². The van der Waals surface area contributed by atoms with E-state index < -0.39 is 29.8 Å². The number of carboxylic acid groups (broad SMARTS) is 1. The zero-order valence-corrected chi connectivity index (χ0v) is 24.7. The molecule has 1 saturated heterocycles. The molecule has 0 spiro atoms. The van der Waals surface area contributed by atoms with Crippen molar-refractivity contribution in [2.45, 2.75) is 82.6 Å². The molecule has 0 aromatic carbocycles. The highest BCUT2D eigenvalue weighted by molar-refractivity contribution is 8.37. The van der Waals surface area contributed by atoms with Crippen LogP contribution in [-0.4, -0.2) is 57.7 Å². The van der Waals surface area contributed by atoms with E-state index in [1.807, 2.05) is 0 Å². The Morgan fingerprint density at radius 3 is 2.72 bits per heavy atom. The van der Waals surface area contributed by atoms with Gasteiger partial charge in [-0.2, -0.15) is 4.98 Å². The minimum atomic E-state index is -0.836. The molecular weight excluding hydrogens is 567 g/mol. The molecule has 14 nitrogen and oxygen atoms in total. The van der Waals surface area contributed by atoms with Crippen LogP contribution in [0.25, 0.3) is 10.4 Å². The molecule has 17 heteroatoms. The Bertz CT molecular complexity index is 1060. The maximum absolute atomic E-state index is 12.5. The molecule has 4 unspecified atom stereocenters. The van der Waals surface area contributed by atoms with Crippen molar-refractivity contribution in [3.8, 4) is 0 Å². The maximum Gasteiger partial charge on any atom is 0.351 e. The second-order valence-corrected chi connectivity index (χ2v) is 13.7. The summed E-state index contributed by atoms with van der Waals surface area (Å²) in [7, 11) is 3.71. The number of unbranched alkanes of at least 4 members (excludes halogenated alkanes) is 2. The number of rotatable bonds is 19. The Kier molecular flexibility index (Phi) is 16.1. The number of carboxylic acids is 1. The second-order valence-electron chi connectivity index (χ2n) is 8.89. The topological polar surface area (TPSA) is 198 Å². The number of hydrogen-bond acceptors (Lipinski definition) is 8. The van der Waals surface area contributed by atoms with E-state index in [1.54, 1.807) is 0 Å². The van der Waals surface area contributed by atoms with Gasteiger partial charge < -0.3 is 25.0 Å². The summed E-state index contributed by atoms with van der Waals surface area (Å²) >= 11 is 0. The number of aromatic nitrogens is 2. The number of azide groups is 1. The molecule has 0 saturated carbocycles. The van der Waals surface area contributed by atoms with Crippen LogP contribution in [0.3, 0.4) is 0 Å². The number of aliphatic carboxylic acids is 1. The molecule has 3 N–H and O–H groups in total. The van der Waals surface area contributed by atoms with E-state index in [1.165, 1.54) is 16.8 Å². The molecule has 1 fully saturated rings. The molecule has 39 heavy (non-hydrogen) atoms. The van der Waals surface area contributed by atoms with Gasteiger partial charge in [-0.05, 0) is 50.1 Å². The predicted molar refractivity (Wildman–Crippen MR) is 153 cm³/mol. The number of carbonyl (C=O) groups is 3. The predicted octanol–water partition coefficient (Wildman–Crippen LogP) is 3.85. The number of nitrogens with zero attached hydrogens (tertiary/aromatic N) is 5. The molecule has 2 amide bonds. The molecule has 1 aromatic rings. The van der Waals surface area contributed by atoms with Crippen LogP contribution in [0.5, 0.6) is 0 Å². The molecule has 6 atom stereocenters. The molecule has 1 aliphatic heterocycles. The van der Waals surface area contributed by atoms with Crippen molar-refractivity contribution in [3.63, 3.8) is 0 Å². The summed E-state index contributed by atoms with van der Waals surface area (Å²) in [6.07, 6.45) is 5.21. The van der Waals surface area contributed by atoms with Gasteiger partial charge in [-0.15, -0.1) is 8.93 Å². The Morgan fingerprint density at radius 2 is 2.03 bits per heavy atom. The molecule has 0 bridgehead atoms. The van der Waals surface area contributed by atoms with Gasteiger partial charge in [-0.3, -0.25) is 19.0 Å². The van der Waals surface area contributed by atoms with Crippen molar-refractivity contribution >= 4 is 49.0 Å². The van der Waals surface area contributed by atoms with Crippen LogP contribution in [0.4, 0.5) is 5.82 Å². The molecule has 1 aromatic heterocycles. The molecular formula is C22H36N7O7P3. The Hall–Kier alpha value is -2.19. The summed E-state index contributed by atoms with van der Waals surface area (Å²) < 4.78 is 12.8. The average molecular weight is 603 g/mol. The van der Waals surface area contributed by atoms with Crippen molar-refractivity contribution in [1.29, 1.82) is 0 Å². The van der Waals surface area contributed by atoms with Gasteiger partial charge in [0.1, 0.15) is 12.0 Å². The maximum atomic E-state index is 12.5. The number of anilines is 1. The van der Waals surface area contributed by atoms with E-state index >= 15 is 0 Å². The van der Waals surface area contributed by atoms with Crippen LogP contribution in [0.15, 0.2) is 22.2 Å². The lowest BCUT2D eigenvalue weighted by molar-refractivity contribution is -0.137. The third-order valence-corrected chi connectivity index (χ3v) is 8.18. The van der Waals surface area contributed by atoms with E-state index in [0.29, 0.717) is 55.3 Å². The van der Waals surface area contributed by atoms with Gasteiger partial charge in [0, 0.05) is 51.5 Å². The Labute approximate surface area is 232 Å². The first-order valence-corrected chi connectivity index (χ1v) is 17.4. The first-order chi connectivity index (χ1) is 18.8. The summed E-state index contributed by atoms with van der Waals surface area (Å²) in [5.74, 6) is -1.32. The monoisotopic (exact) mass is 603 g/mol. The second kappa shape index (κ2) is 19.0. The van der Waals surface area contributed by atoms with Gasteiger partial charge in [-0.25, -0.2) is 4.79 Å². The van der Waals surface area contributed by atoms with Crippen LogP contribution < -0.4 is 16.3 Å². The van der Waals surface area contributed by atoms with Crippen molar-refractivity contribution in [2.75, 3.05) is 18.5 Å². The molecule has 1 aliphatic rings. The van der Waals surface area contributed by atoms with Gasteiger partial charge in [0.25, 0.3) is 0 Å². The van der Waals surface area contributed by atoms with E-state index in [2.05, 4.69) is 34.6 Å². The summed E-state index contributed by atoms with van der Waals surface area (Å²) in [6.45, 7) is 0.934.